The van der Waals surface area contributed by atoms with E-state index in [1.165, 1.54) is 0 Å². The Morgan fingerprint density at radius 1 is 0.708 bits per heavy atom. The van der Waals surface area contributed by atoms with E-state index < -0.39 is 17.2 Å². The third-order valence-electron chi connectivity index (χ3n) is 4.27. The van der Waals surface area contributed by atoms with Crippen molar-refractivity contribution in [2.75, 3.05) is 0 Å². The van der Waals surface area contributed by atoms with Gasteiger partial charge in [-0.25, -0.2) is 9.59 Å². The van der Waals surface area contributed by atoms with E-state index in [-0.39, 0.29) is 0 Å². The first-order chi connectivity index (χ1) is 11.6. The fraction of sp³-hybridized carbons (Fsp3) is 0.100. The van der Waals surface area contributed by atoms with Crippen molar-refractivity contribution in [2.24, 2.45) is 0 Å². The van der Waals surface area contributed by atoms with Crippen LogP contribution in [0.25, 0.3) is 21.9 Å². The molecule has 4 heteroatoms. The number of para-hydroxylation sites is 2. The van der Waals surface area contributed by atoms with Crippen LogP contribution in [-0.2, 0) is 0 Å². The molecule has 0 unspecified atom stereocenters. The van der Waals surface area contributed by atoms with E-state index in [9.17, 15) is 9.59 Å². The minimum absolute atomic E-state index is 0.424. The van der Waals surface area contributed by atoms with Crippen LogP contribution in [0.3, 0.4) is 0 Å². The van der Waals surface area contributed by atoms with Crippen molar-refractivity contribution in [1.82, 2.24) is 0 Å². The van der Waals surface area contributed by atoms with Crippen molar-refractivity contribution in [3.63, 3.8) is 0 Å². The molecule has 0 aliphatic heterocycles. The Bertz CT molecular complexity index is 1070. The van der Waals surface area contributed by atoms with Crippen LogP contribution in [0.2, 0.25) is 0 Å². The zero-order chi connectivity index (χ0) is 16.7. The summed E-state index contributed by atoms with van der Waals surface area (Å²) in [7, 11) is 0. The van der Waals surface area contributed by atoms with Crippen molar-refractivity contribution in [1.29, 1.82) is 0 Å². The Morgan fingerprint density at radius 3 is 1.58 bits per heavy atom. The normalized spacial score (nSPS) is 11.4. The van der Waals surface area contributed by atoms with Gasteiger partial charge >= 0.3 is 11.3 Å². The summed E-state index contributed by atoms with van der Waals surface area (Å²) >= 11 is 0. The average molecular weight is 318 g/mol. The highest BCUT2D eigenvalue weighted by Gasteiger charge is 2.19. The predicted molar refractivity (Wildman–Crippen MR) is 92.5 cm³/mol. The third kappa shape index (κ3) is 2.33. The van der Waals surface area contributed by atoms with Crippen LogP contribution in [0, 0.1) is 0 Å². The molecule has 2 aromatic heterocycles. The van der Waals surface area contributed by atoms with Gasteiger partial charge in [0.2, 0.25) is 0 Å². The Hall–Kier alpha value is -3.14. The lowest BCUT2D eigenvalue weighted by molar-refractivity contribution is 0.532. The van der Waals surface area contributed by atoms with E-state index in [2.05, 4.69) is 0 Å². The first-order valence-electron chi connectivity index (χ1n) is 7.69. The van der Waals surface area contributed by atoms with Gasteiger partial charge in [0.05, 0.1) is 0 Å². The summed E-state index contributed by atoms with van der Waals surface area (Å²) in [5.41, 5.74) is 1.07. The molecule has 0 aliphatic carbocycles. The summed E-state index contributed by atoms with van der Waals surface area (Å²) in [6, 6.07) is 18.2. The molecule has 0 saturated carbocycles. The molecule has 0 atom stereocenters. The van der Waals surface area contributed by atoms with Crippen LogP contribution in [0.15, 0.2) is 79.1 Å². The molecular formula is C20H14O4. The lowest BCUT2D eigenvalue weighted by Crippen LogP contribution is -2.17. The topological polar surface area (TPSA) is 60.4 Å². The van der Waals surface area contributed by atoms with Gasteiger partial charge in [-0.1, -0.05) is 43.3 Å². The van der Waals surface area contributed by atoms with Crippen molar-refractivity contribution in [2.45, 2.75) is 12.8 Å². The van der Waals surface area contributed by atoms with Crippen LogP contribution in [0.1, 0.15) is 24.0 Å². The summed E-state index contributed by atoms with van der Waals surface area (Å²) in [5.74, 6) is -0.424. The average Bonchev–Trinajstić information content (AvgIpc) is 2.60. The molecule has 2 heterocycles. The lowest BCUT2D eigenvalue weighted by Gasteiger charge is -2.11. The minimum atomic E-state index is -0.436. The Labute approximate surface area is 137 Å². The van der Waals surface area contributed by atoms with Gasteiger partial charge in [-0.3, -0.25) is 0 Å². The zero-order valence-electron chi connectivity index (χ0n) is 13.0. The second kappa shape index (κ2) is 5.49. The van der Waals surface area contributed by atoms with Crippen molar-refractivity contribution >= 4 is 21.9 Å². The van der Waals surface area contributed by atoms with Gasteiger partial charge < -0.3 is 8.83 Å². The number of hydrogen-bond acceptors (Lipinski definition) is 4. The van der Waals surface area contributed by atoms with E-state index in [0.29, 0.717) is 22.3 Å². The van der Waals surface area contributed by atoms with Crippen molar-refractivity contribution in [3.8, 4) is 0 Å². The molecule has 0 spiro atoms. The Kier molecular flexibility index (Phi) is 3.31. The van der Waals surface area contributed by atoms with E-state index >= 15 is 0 Å². The molecule has 0 amide bonds. The maximum absolute atomic E-state index is 12.3. The van der Waals surface area contributed by atoms with E-state index in [1.807, 2.05) is 43.3 Å². The van der Waals surface area contributed by atoms with Crippen LogP contribution in [0.5, 0.6) is 0 Å². The van der Waals surface area contributed by atoms with Gasteiger partial charge in [-0.2, -0.15) is 0 Å². The molecule has 0 radical (unpaired) electrons. The van der Waals surface area contributed by atoms with E-state index in [4.69, 9.17) is 8.83 Å². The summed E-state index contributed by atoms with van der Waals surface area (Å²) in [4.78, 5) is 24.6. The maximum Gasteiger partial charge on any atom is 0.340 e. The molecule has 24 heavy (non-hydrogen) atoms. The summed E-state index contributed by atoms with van der Waals surface area (Å²) in [5, 5.41) is 1.65. The van der Waals surface area contributed by atoms with Crippen molar-refractivity contribution < 1.29 is 8.83 Å². The van der Waals surface area contributed by atoms with E-state index in [0.717, 1.165) is 10.8 Å². The second-order valence-electron chi connectivity index (χ2n) is 5.78. The first-order valence-corrected chi connectivity index (χ1v) is 7.69. The fourth-order valence-corrected chi connectivity index (χ4v) is 2.93. The molecule has 4 aromatic rings. The van der Waals surface area contributed by atoms with Crippen molar-refractivity contribution in [3.05, 3.63) is 92.6 Å². The van der Waals surface area contributed by atoms with Gasteiger partial charge in [0.25, 0.3) is 0 Å². The molecule has 4 nitrogen and oxygen atoms in total. The van der Waals surface area contributed by atoms with Gasteiger partial charge in [-0.05, 0) is 24.3 Å². The molecule has 0 bridgehead atoms. The molecule has 4 rings (SSSR count). The summed E-state index contributed by atoms with van der Waals surface area (Å²) < 4.78 is 10.7. The van der Waals surface area contributed by atoms with Crippen LogP contribution in [0.4, 0.5) is 0 Å². The number of rotatable bonds is 2. The lowest BCUT2D eigenvalue weighted by atomic mass is 9.94. The van der Waals surface area contributed by atoms with Crippen LogP contribution >= 0.6 is 0 Å². The predicted octanol–water partition coefficient (Wildman–Crippen LogP) is 4.05. The summed E-state index contributed by atoms with van der Waals surface area (Å²) in [6.45, 7) is 1.81. The minimum Gasteiger partial charge on any atom is -0.423 e. The Morgan fingerprint density at radius 2 is 1.12 bits per heavy atom. The first kappa shape index (κ1) is 14.5. The fourth-order valence-electron chi connectivity index (χ4n) is 2.93. The van der Waals surface area contributed by atoms with Gasteiger partial charge in [0.15, 0.2) is 0 Å². The highest BCUT2D eigenvalue weighted by Crippen LogP contribution is 2.24. The molecule has 0 aliphatic rings. The highest BCUT2D eigenvalue weighted by atomic mass is 16.4. The molecule has 2 aromatic carbocycles. The number of benzene rings is 2. The van der Waals surface area contributed by atoms with Gasteiger partial charge in [-0.15, -0.1) is 0 Å². The summed E-state index contributed by atoms with van der Waals surface area (Å²) in [6.07, 6.45) is 0. The number of hydrogen-bond donors (Lipinski definition) is 0. The van der Waals surface area contributed by atoms with Gasteiger partial charge in [0, 0.05) is 27.8 Å². The maximum atomic E-state index is 12.3. The molecule has 0 N–H and O–H groups in total. The quantitative estimate of drug-likeness (QED) is 0.523. The van der Waals surface area contributed by atoms with Crippen LogP contribution < -0.4 is 11.3 Å². The molecular weight excluding hydrogens is 304 g/mol. The van der Waals surface area contributed by atoms with Gasteiger partial charge in [0.1, 0.15) is 11.2 Å². The standard InChI is InChI=1S/C20H14O4/c1-12(15-10-13-6-2-4-8-17(13)23-19(15)21)16-11-14-7-3-5-9-18(14)24-20(16)22/h2-12H,1H3. The second-order valence-corrected chi connectivity index (χ2v) is 5.78. The monoisotopic (exact) mass is 318 g/mol. The Balaban J connectivity index is 1.91. The highest BCUT2D eigenvalue weighted by molar-refractivity contribution is 5.78. The third-order valence-corrected chi connectivity index (χ3v) is 4.27. The smallest absolute Gasteiger partial charge is 0.340 e. The largest absolute Gasteiger partial charge is 0.423 e. The molecule has 118 valence electrons. The molecule has 0 fully saturated rings. The SMILES string of the molecule is CC(c1cc2ccccc2oc1=O)c1cc2ccccc2oc1=O. The zero-order valence-corrected chi connectivity index (χ0v) is 13.0. The molecule has 0 saturated heterocycles. The number of fused-ring (bicyclic) bond motifs is 2. The van der Waals surface area contributed by atoms with E-state index in [1.54, 1.807) is 24.3 Å². The van der Waals surface area contributed by atoms with Crippen LogP contribution in [-0.4, -0.2) is 0 Å².